The number of carbonyl (C=O) groups excluding carboxylic acids is 1. The monoisotopic (exact) mass is 345 g/mol. The molecule has 0 fully saturated rings. The Hall–Kier alpha value is -2.31. The zero-order valence-corrected chi connectivity index (χ0v) is 13.9. The summed E-state index contributed by atoms with van der Waals surface area (Å²) in [5.41, 5.74) is -0.249. The molecule has 0 aliphatic rings. The highest BCUT2D eigenvalue weighted by molar-refractivity contribution is 7.80. The summed E-state index contributed by atoms with van der Waals surface area (Å²) in [5, 5.41) is 12.3. The van der Waals surface area contributed by atoms with Crippen LogP contribution >= 0.6 is 12.6 Å². The Bertz CT molecular complexity index is 678. The van der Waals surface area contributed by atoms with Crippen molar-refractivity contribution in [3.05, 3.63) is 71.8 Å². The molecule has 2 rings (SSSR count). The summed E-state index contributed by atoms with van der Waals surface area (Å²) in [6, 6.07) is 18.3. The van der Waals surface area contributed by atoms with Gasteiger partial charge in [0, 0.05) is 12.3 Å². The van der Waals surface area contributed by atoms with Gasteiger partial charge < -0.3 is 9.84 Å². The molecule has 2 aromatic carbocycles. The smallest absolute Gasteiger partial charge is 0.339 e. The predicted molar refractivity (Wildman–Crippen MR) is 93.7 cm³/mol. The molecule has 2 N–H and O–H groups in total. The molecule has 24 heavy (non-hydrogen) atoms. The van der Waals surface area contributed by atoms with E-state index in [1.54, 1.807) is 12.1 Å². The number of nitrogens with one attached hydrogen (secondary N) is 1. The van der Waals surface area contributed by atoms with E-state index < -0.39 is 17.5 Å². The van der Waals surface area contributed by atoms with Crippen molar-refractivity contribution in [3.8, 4) is 0 Å². The first-order chi connectivity index (χ1) is 11.6. The molecule has 1 atom stereocenters. The van der Waals surface area contributed by atoms with E-state index in [9.17, 15) is 14.7 Å². The molecule has 0 saturated heterocycles. The molecule has 2 aromatic rings. The lowest BCUT2D eigenvalue weighted by molar-refractivity contribution is -0.162. The van der Waals surface area contributed by atoms with Crippen LogP contribution in [0.2, 0.25) is 0 Å². The minimum absolute atomic E-state index is 0.00942. The van der Waals surface area contributed by atoms with E-state index in [1.165, 1.54) is 0 Å². The van der Waals surface area contributed by atoms with Crippen molar-refractivity contribution < 1.29 is 19.4 Å². The maximum Gasteiger partial charge on any atom is 0.339 e. The van der Waals surface area contributed by atoms with Gasteiger partial charge in [-0.1, -0.05) is 60.7 Å². The molecule has 0 unspecified atom stereocenters. The third-order valence-corrected chi connectivity index (χ3v) is 4.07. The Morgan fingerprint density at radius 2 is 1.54 bits per heavy atom. The number of hydrogen-bond donors (Lipinski definition) is 3. The van der Waals surface area contributed by atoms with Crippen LogP contribution in [0.5, 0.6) is 0 Å². The van der Waals surface area contributed by atoms with E-state index >= 15 is 0 Å². The molecule has 0 aliphatic heterocycles. The SMILES string of the molecule is O=C(O)[C@](CS)(NCc1ccccc1)C(=O)OCc1ccccc1. The second-order valence-corrected chi connectivity index (χ2v) is 5.59. The zero-order valence-electron chi connectivity index (χ0n) is 13.0. The van der Waals surface area contributed by atoms with Crippen LogP contribution in [0.4, 0.5) is 0 Å². The highest BCUT2D eigenvalue weighted by atomic mass is 32.1. The maximum atomic E-state index is 12.4. The number of carbonyl (C=O) groups is 2. The minimum Gasteiger partial charge on any atom is -0.479 e. The molecular weight excluding hydrogens is 326 g/mol. The van der Waals surface area contributed by atoms with E-state index in [1.807, 2.05) is 48.5 Å². The van der Waals surface area contributed by atoms with Gasteiger partial charge in [0.15, 0.2) is 0 Å². The molecule has 5 nitrogen and oxygen atoms in total. The number of aliphatic carboxylic acids is 1. The molecule has 0 radical (unpaired) electrons. The number of benzene rings is 2. The van der Waals surface area contributed by atoms with E-state index in [2.05, 4.69) is 17.9 Å². The predicted octanol–water partition coefficient (Wildman–Crippen LogP) is 2.27. The third kappa shape index (κ3) is 4.37. The molecule has 0 aliphatic carbocycles. The molecule has 0 spiro atoms. The largest absolute Gasteiger partial charge is 0.479 e. The number of carboxylic acids is 1. The van der Waals surface area contributed by atoms with Crippen molar-refractivity contribution in [2.24, 2.45) is 0 Å². The lowest BCUT2D eigenvalue weighted by Crippen LogP contribution is -2.60. The lowest BCUT2D eigenvalue weighted by Gasteiger charge is -2.27. The number of rotatable bonds is 8. The van der Waals surface area contributed by atoms with Crippen molar-refractivity contribution in [1.82, 2.24) is 5.32 Å². The summed E-state index contributed by atoms with van der Waals surface area (Å²) < 4.78 is 5.20. The number of thiol groups is 1. The molecule has 6 heteroatoms. The van der Waals surface area contributed by atoms with E-state index in [-0.39, 0.29) is 18.9 Å². The fraction of sp³-hybridized carbons (Fsp3) is 0.222. The van der Waals surface area contributed by atoms with Crippen molar-refractivity contribution in [2.45, 2.75) is 18.7 Å². The zero-order chi connectivity index (χ0) is 17.4. The van der Waals surface area contributed by atoms with Crippen LogP contribution in [-0.2, 0) is 27.5 Å². The van der Waals surface area contributed by atoms with Gasteiger partial charge in [-0.05, 0) is 11.1 Å². The average Bonchev–Trinajstić information content (AvgIpc) is 2.62. The Morgan fingerprint density at radius 1 is 1.00 bits per heavy atom. The third-order valence-electron chi connectivity index (χ3n) is 3.60. The molecule has 126 valence electrons. The molecule has 0 bridgehead atoms. The van der Waals surface area contributed by atoms with Gasteiger partial charge >= 0.3 is 11.9 Å². The van der Waals surface area contributed by atoms with Gasteiger partial charge in [-0.3, -0.25) is 5.32 Å². The molecular formula is C18H19NO4S. The van der Waals surface area contributed by atoms with Gasteiger partial charge in [0.05, 0.1) is 0 Å². The lowest BCUT2D eigenvalue weighted by atomic mass is 10.0. The van der Waals surface area contributed by atoms with Gasteiger partial charge in [-0.25, -0.2) is 9.59 Å². The minimum atomic E-state index is -1.90. The van der Waals surface area contributed by atoms with Crippen molar-refractivity contribution >= 4 is 24.6 Å². The van der Waals surface area contributed by atoms with Gasteiger partial charge in [-0.2, -0.15) is 12.6 Å². The van der Waals surface area contributed by atoms with Gasteiger partial charge in [0.1, 0.15) is 6.61 Å². The van der Waals surface area contributed by atoms with E-state index in [4.69, 9.17) is 4.74 Å². The van der Waals surface area contributed by atoms with Gasteiger partial charge in [0.2, 0.25) is 5.54 Å². The van der Waals surface area contributed by atoms with Crippen LogP contribution in [-0.4, -0.2) is 28.3 Å². The first-order valence-corrected chi connectivity index (χ1v) is 8.06. The van der Waals surface area contributed by atoms with E-state index in [0.29, 0.717) is 0 Å². The number of esters is 1. The number of carboxylic acid groups (broad SMARTS) is 1. The first-order valence-electron chi connectivity index (χ1n) is 7.43. The van der Waals surface area contributed by atoms with Gasteiger partial charge in [-0.15, -0.1) is 0 Å². The summed E-state index contributed by atoms with van der Waals surface area (Å²) in [7, 11) is 0. The summed E-state index contributed by atoms with van der Waals surface area (Å²) in [6.45, 7) is 0.226. The summed E-state index contributed by atoms with van der Waals surface area (Å²) in [5.74, 6) is -2.39. The molecule has 0 heterocycles. The summed E-state index contributed by atoms with van der Waals surface area (Å²) in [6.07, 6.45) is 0. The number of ether oxygens (including phenoxy) is 1. The first kappa shape index (κ1) is 18.0. The standard InChI is InChI=1S/C18H19NO4S/c20-16(21)18(13-24,19-11-14-7-3-1-4-8-14)17(22)23-12-15-9-5-2-6-10-15/h1-10,19,24H,11-13H2,(H,20,21)/t18-/m0/s1. The topological polar surface area (TPSA) is 75.6 Å². The van der Waals surface area contributed by atoms with Crippen LogP contribution in [0, 0.1) is 0 Å². The van der Waals surface area contributed by atoms with Crippen LogP contribution in [0.1, 0.15) is 11.1 Å². The molecule has 0 aromatic heterocycles. The average molecular weight is 345 g/mol. The Morgan fingerprint density at radius 3 is 2.04 bits per heavy atom. The van der Waals surface area contributed by atoms with Crippen LogP contribution < -0.4 is 5.32 Å². The molecule has 0 saturated carbocycles. The Labute approximate surface area is 146 Å². The summed E-state index contributed by atoms with van der Waals surface area (Å²) >= 11 is 4.06. The Balaban J connectivity index is 2.08. The van der Waals surface area contributed by atoms with Crippen molar-refractivity contribution in [2.75, 3.05) is 5.75 Å². The Kier molecular flexibility index (Phi) is 6.40. The quantitative estimate of drug-likeness (QED) is 0.389. The van der Waals surface area contributed by atoms with Crippen molar-refractivity contribution in [1.29, 1.82) is 0 Å². The fourth-order valence-corrected chi connectivity index (χ4v) is 2.49. The normalized spacial score (nSPS) is 13.0. The fourth-order valence-electron chi connectivity index (χ4n) is 2.12. The molecule has 0 amide bonds. The number of hydrogen-bond acceptors (Lipinski definition) is 5. The van der Waals surface area contributed by atoms with Crippen LogP contribution in [0.25, 0.3) is 0 Å². The second kappa shape index (κ2) is 8.52. The summed E-state index contributed by atoms with van der Waals surface area (Å²) in [4.78, 5) is 24.1. The van der Waals surface area contributed by atoms with Gasteiger partial charge in [0.25, 0.3) is 0 Å². The van der Waals surface area contributed by atoms with Crippen LogP contribution in [0.15, 0.2) is 60.7 Å². The van der Waals surface area contributed by atoms with E-state index in [0.717, 1.165) is 11.1 Å². The second-order valence-electron chi connectivity index (χ2n) is 5.27. The van der Waals surface area contributed by atoms with Crippen LogP contribution in [0.3, 0.4) is 0 Å². The highest BCUT2D eigenvalue weighted by Crippen LogP contribution is 2.14. The van der Waals surface area contributed by atoms with Crippen molar-refractivity contribution in [3.63, 3.8) is 0 Å². The maximum absolute atomic E-state index is 12.4. The highest BCUT2D eigenvalue weighted by Gasteiger charge is 2.46.